The van der Waals surface area contributed by atoms with E-state index >= 15 is 0 Å². The summed E-state index contributed by atoms with van der Waals surface area (Å²) in [5, 5.41) is 17.0. The molecule has 1 saturated carbocycles. The van der Waals surface area contributed by atoms with E-state index in [0.29, 0.717) is 12.0 Å². The van der Waals surface area contributed by atoms with Gasteiger partial charge in [-0.05, 0) is 25.2 Å². The number of aromatic nitrogens is 3. The molecule has 94 valence electrons. The van der Waals surface area contributed by atoms with Crippen molar-refractivity contribution in [1.29, 1.82) is 0 Å². The van der Waals surface area contributed by atoms with Gasteiger partial charge < -0.3 is 5.11 Å². The maximum atomic E-state index is 11.1. The molecule has 0 amide bonds. The van der Waals surface area contributed by atoms with Crippen LogP contribution in [0.1, 0.15) is 61.8 Å². The average molecular weight is 237 g/mol. The van der Waals surface area contributed by atoms with E-state index in [2.05, 4.69) is 24.2 Å². The molecule has 0 spiro atoms. The highest BCUT2D eigenvalue weighted by molar-refractivity contribution is 5.86. The summed E-state index contributed by atoms with van der Waals surface area (Å²) in [7, 11) is 0. The molecule has 5 nitrogen and oxygen atoms in total. The molecule has 1 aliphatic carbocycles. The third-order valence-electron chi connectivity index (χ3n) is 3.27. The summed E-state index contributed by atoms with van der Waals surface area (Å²) in [6.45, 7) is 4.16. The van der Waals surface area contributed by atoms with E-state index < -0.39 is 5.97 Å². The minimum Gasteiger partial charge on any atom is -0.476 e. The zero-order valence-electron chi connectivity index (χ0n) is 10.4. The first-order valence-electron chi connectivity index (χ1n) is 6.27. The highest BCUT2D eigenvalue weighted by Gasteiger charge is 2.26. The number of rotatable bonds is 4. The van der Waals surface area contributed by atoms with Crippen LogP contribution in [0.25, 0.3) is 0 Å². The van der Waals surface area contributed by atoms with Crippen LogP contribution in [-0.4, -0.2) is 26.1 Å². The number of carboxylic acids is 1. The van der Waals surface area contributed by atoms with Crippen molar-refractivity contribution >= 4 is 5.97 Å². The predicted octanol–water partition coefficient (Wildman–Crippen LogP) is 2.29. The van der Waals surface area contributed by atoms with Gasteiger partial charge in [0.05, 0.1) is 11.7 Å². The van der Waals surface area contributed by atoms with Crippen molar-refractivity contribution in [1.82, 2.24) is 15.0 Å². The van der Waals surface area contributed by atoms with Crippen LogP contribution in [0.2, 0.25) is 0 Å². The summed E-state index contributed by atoms with van der Waals surface area (Å²) in [6.07, 6.45) is 5.31. The Hall–Kier alpha value is -1.39. The molecule has 0 atom stereocenters. The van der Waals surface area contributed by atoms with Crippen molar-refractivity contribution in [2.24, 2.45) is 5.92 Å². The fourth-order valence-corrected chi connectivity index (χ4v) is 2.50. The lowest BCUT2D eigenvalue weighted by Crippen LogP contribution is -2.14. The fraction of sp³-hybridized carbons (Fsp3) is 0.750. The molecule has 0 radical (unpaired) electrons. The number of hydrogen-bond acceptors (Lipinski definition) is 3. The molecule has 0 aromatic carbocycles. The number of aromatic carboxylic acids is 1. The third kappa shape index (κ3) is 2.48. The summed E-state index contributed by atoms with van der Waals surface area (Å²) in [5.41, 5.74) is 0.921. The van der Waals surface area contributed by atoms with Crippen LogP contribution < -0.4 is 0 Å². The Morgan fingerprint density at radius 1 is 1.47 bits per heavy atom. The summed E-state index contributed by atoms with van der Waals surface area (Å²) < 4.78 is 1.86. The summed E-state index contributed by atoms with van der Waals surface area (Å²) in [4.78, 5) is 11.1. The monoisotopic (exact) mass is 237 g/mol. The molecule has 1 aromatic rings. The molecule has 1 aromatic heterocycles. The highest BCUT2D eigenvalue weighted by Crippen LogP contribution is 2.30. The number of carboxylic acid groups (broad SMARTS) is 1. The van der Waals surface area contributed by atoms with Crippen molar-refractivity contribution in [2.45, 2.75) is 52.0 Å². The maximum absolute atomic E-state index is 11.1. The van der Waals surface area contributed by atoms with Crippen molar-refractivity contribution in [3.05, 3.63) is 11.4 Å². The van der Waals surface area contributed by atoms with Crippen LogP contribution in [-0.2, 0) is 6.42 Å². The number of carbonyl (C=O) groups is 1. The Morgan fingerprint density at radius 2 is 2.12 bits per heavy atom. The first-order valence-corrected chi connectivity index (χ1v) is 6.27. The molecule has 1 aliphatic rings. The van der Waals surface area contributed by atoms with Gasteiger partial charge in [0, 0.05) is 0 Å². The molecule has 1 N–H and O–H groups in total. The Bertz CT molecular complexity index is 406. The van der Waals surface area contributed by atoms with Crippen LogP contribution >= 0.6 is 0 Å². The Morgan fingerprint density at radius 3 is 2.65 bits per heavy atom. The van der Waals surface area contributed by atoms with Gasteiger partial charge in [-0.1, -0.05) is 31.9 Å². The van der Waals surface area contributed by atoms with E-state index in [1.165, 1.54) is 12.8 Å². The van der Waals surface area contributed by atoms with Gasteiger partial charge in [-0.3, -0.25) is 0 Å². The summed E-state index contributed by atoms with van der Waals surface area (Å²) >= 11 is 0. The van der Waals surface area contributed by atoms with E-state index in [9.17, 15) is 4.79 Å². The Labute approximate surface area is 101 Å². The van der Waals surface area contributed by atoms with Crippen LogP contribution in [0.15, 0.2) is 0 Å². The highest BCUT2D eigenvalue weighted by atomic mass is 16.4. The second-order valence-electron chi connectivity index (χ2n) is 5.17. The average Bonchev–Trinajstić information content (AvgIpc) is 2.83. The van der Waals surface area contributed by atoms with Gasteiger partial charge in [0.2, 0.25) is 0 Å². The van der Waals surface area contributed by atoms with Gasteiger partial charge in [-0.25, -0.2) is 9.48 Å². The van der Waals surface area contributed by atoms with E-state index in [-0.39, 0.29) is 5.69 Å². The van der Waals surface area contributed by atoms with Gasteiger partial charge >= 0.3 is 5.97 Å². The van der Waals surface area contributed by atoms with E-state index in [1.54, 1.807) is 0 Å². The molecule has 1 fully saturated rings. The first-order chi connectivity index (χ1) is 8.09. The molecule has 0 saturated heterocycles. The van der Waals surface area contributed by atoms with E-state index in [0.717, 1.165) is 25.0 Å². The zero-order chi connectivity index (χ0) is 12.4. The van der Waals surface area contributed by atoms with Crippen LogP contribution in [0, 0.1) is 5.92 Å². The molecule has 0 bridgehead atoms. The Kier molecular flexibility index (Phi) is 3.45. The fourth-order valence-electron chi connectivity index (χ4n) is 2.50. The topological polar surface area (TPSA) is 68.0 Å². The zero-order valence-corrected chi connectivity index (χ0v) is 10.4. The SMILES string of the molecule is CC(C)Cc1c(C(=O)O)nnn1C1CCCC1. The lowest BCUT2D eigenvalue weighted by atomic mass is 10.1. The predicted molar refractivity (Wildman–Crippen MR) is 63.0 cm³/mol. The molecule has 5 heteroatoms. The third-order valence-corrected chi connectivity index (χ3v) is 3.27. The quantitative estimate of drug-likeness (QED) is 0.872. The largest absolute Gasteiger partial charge is 0.476 e. The van der Waals surface area contributed by atoms with E-state index in [4.69, 9.17) is 5.11 Å². The molecule has 1 heterocycles. The molecule has 2 rings (SSSR count). The van der Waals surface area contributed by atoms with Crippen LogP contribution in [0.4, 0.5) is 0 Å². The summed E-state index contributed by atoms with van der Waals surface area (Å²) in [5.74, 6) is -0.559. The lowest BCUT2D eigenvalue weighted by Gasteiger charge is -2.14. The van der Waals surface area contributed by atoms with Gasteiger partial charge in [-0.2, -0.15) is 0 Å². The van der Waals surface area contributed by atoms with E-state index in [1.807, 2.05) is 4.68 Å². The van der Waals surface area contributed by atoms with Crippen molar-refractivity contribution in [3.8, 4) is 0 Å². The van der Waals surface area contributed by atoms with Crippen LogP contribution in [0.3, 0.4) is 0 Å². The second kappa shape index (κ2) is 4.85. The normalized spacial score (nSPS) is 16.9. The minimum absolute atomic E-state index is 0.130. The summed E-state index contributed by atoms with van der Waals surface area (Å²) in [6, 6.07) is 0.351. The van der Waals surface area contributed by atoms with Crippen molar-refractivity contribution in [2.75, 3.05) is 0 Å². The molecular formula is C12H19N3O2. The van der Waals surface area contributed by atoms with Crippen LogP contribution in [0.5, 0.6) is 0 Å². The van der Waals surface area contributed by atoms with Crippen molar-refractivity contribution < 1.29 is 9.90 Å². The molecule has 0 aliphatic heterocycles. The smallest absolute Gasteiger partial charge is 0.358 e. The van der Waals surface area contributed by atoms with Gasteiger partial charge in [0.15, 0.2) is 5.69 Å². The Balaban J connectivity index is 2.33. The van der Waals surface area contributed by atoms with Gasteiger partial charge in [0.1, 0.15) is 0 Å². The van der Waals surface area contributed by atoms with Gasteiger partial charge in [0.25, 0.3) is 0 Å². The number of hydrogen-bond donors (Lipinski definition) is 1. The minimum atomic E-state index is -0.968. The number of nitrogens with zero attached hydrogens (tertiary/aromatic N) is 3. The standard InChI is InChI=1S/C12H19N3O2/c1-8(2)7-10-11(12(16)17)13-14-15(10)9-5-3-4-6-9/h8-9H,3-7H2,1-2H3,(H,16,17). The second-order valence-corrected chi connectivity index (χ2v) is 5.17. The first kappa shape index (κ1) is 12.1. The maximum Gasteiger partial charge on any atom is 0.358 e. The molecular weight excluding hydrogens is 218 g/mol. The lowest BCUT2D eigenvalue weighted by molar-refractivity contribution is 0.0689. The van der Waals surface area contributed by atoms with Crippen molar-refractivity contribution in [3.63, 3.8) is 0 Å². The molecule has 0 unspecified atom stereocenters. The van der Waals surface area contributed by atoms with Gasteiger partial charge in [-0.15, -0.1) is 5.10 Å². The molecule has 17 heavy (non-hydrogen) atoms.